The van der Waals surface area contributed by atoms with E-state index in [9.17, 15) is 4.79 Å². The molecule has 5 nitrogen and oxygen atoms in total. The molecule has 128 valence electrons. The number of pyridine rings is 1. The minimum atomic E-state index is -0.544. The summed E-state index contributed by atoms with van der Waals surface area (Å²) in [5.74, 6) is 0. The van der Waals surface area contributed by atoms with E-state index >= 15 is 0 Å². The van der Waals surface area contributed by atoms with Crippen molar-refractivity contribution < 1.29 is 14.4 Å². The number of hydrogen-bond donors (Lipinski definition) is 0. The van der Waals surface area contributed by atoms with Crippen molar-refractivity contribution in [1.29, 1.82) is 0 Å². The highest BCUT2D eigenvalue weighted by atomic mass is 16.7. The van der Waals surface area contributed by atoms with Gasteiger partial charge in [0.1, 0.15) is 5.60 Å². The lowest BCUT2D eigenvalue weighted by Crippen LogP contribution is -2.40. The maximum absolute atomic E-state index is 12.4. The van der Waals surface area contributed by atoms with E-state index in [0.717, 1.165) is 22.8 Å². The molecule has 1 amide bonds. The van der Waals surface area contributed by atoms with Crippen molar-refractivity contribution in [3.63, 3.8) is 0 Å². The van der Waals surface area contributed by atoms with Crippen LogP contribution >= 0.6 is 0 Å². The standard InChI is InChI=1S/C19H24N2O3/c1-13-9-16(21(24-13)18(22)23-19(2,3)4)10-15-12-20-11-14-7-5-6-8-17(14)15/h5-8,11-13,16H,9-10H2,1-4H3/t13-,16-/m1/s1. The van der Waals surface area contributed by atoms with Crippen LogP contribution in [0.5, 0.6) is 0 Å². The number of carbonyl (C=O) groups is 1. The van der Waals surface area contributed by atoms with Gasteiger partial charge in [-0.3, -0.25) is 9.82 Å². The van der Waals surface area contributed by atoms with Gasteiger partial charge in [-0.15, -0.1) is 0 Å². The van der Waals surface area contributed by atoms with Gasteiger partial charge in [0.05, 0.1) is 12.1 Å². The van der Waals surface area contributed by atoms with Crippen LogP contribution in [0.25, 0.3) is 10.8 Å². The van der Waals surface area contributed by atoms with Crippen molar-refractivity contribution in [3.8, 4) is 0 Å². The summed E-state index contributed by atoms with van der Waals surface area (Å²) < 4.78 is 5.47. The third-order valence-electron chi connectivity index (χ3n) is 4.01. The Morgan fingerprint density at radius 3 is 2.83 bits per heavy atom. The van der Waals surface area contributed by atoms with Gasteiger partial charge in [-0.2, -0.15) is 5.06 Å². The van der Waals surface area contributed by atoms with E-state index in [1.807, 2.05) is 58.3 Å². The third-order valence-corrected chi connectivity index (χ3v) is 4.01. The van der Waals surface area contributed by atoms with Crippen LogP contribution in [-0.4, -0.2) is 33.9 Å². The summed E-state index contributed by atoms with van der Waals surface area (Å²) in [6.45, 7) is 7.54. The minimum Gasteiger partial charge on any atom is -0.442 e. The van der Waals surface area contributed by atoms with E-state index in [2.05, 4.69) is 11.1 Å². The lowest BCUT2D eigenvalue weighted by atomic mass is 9.99. The van der Waals surface area contributed by atoms with Crippen molar-refractivity contribution in [3.05, 3.63) is 42.2 Å². The molecule has 2 heterocycles. The van der Waals surface area contributed by atoms with Gasteiger partial charge in [0.2, 0.25) is 0 Å². The van der Waals surface area contributed by atoms with Gasteiger partial charge in [0.25, 0.3) is 0 Å². The molecule has 1 aromatic carbocycles. The van der Waals surface area contributed by atoms with Gasteiger partial charge in [0, 0.05) is 17.8 Å². The molecule has 0 saturated carbocycles. The van der Waals surface area contributed by atoms with E-state index in [4.69, 9.17) is 9.57 Å². The van der Waals surface area contributed by atoms with E-state index in [0.29, 0.717) is 6.42 Å². The summed E-state index contributed by atoms with van der Waals surface area (Å²) in [5.41, 5.74) is 0.571. The van der Waals surface area contributed by atoms with Gasteiger partial charge >= 0.3 is 6.09 Å². The average Bonchev–Trinajstić information content (AvgIpc) is 2.87. The highest BCUT2D eigenvalue weighted by Crippen LogP contribution is 2.28. The monoisotopic (exact) mass is 328 g/mol. The fourth-order valence-corrected chi connectivity index (χ4v) is 3.06. The van der Waals surface area contributed by atoms with Crippen molar-refractivity contribution >= 4 is 16.9 Å². The zero-order valence-corrected chi connectivity index (χ0v) is 14.7. The second-order valence-electron chi connectivity index (χ2n) is 7.34. The van der Waals surface area contributed by atoms with Crippen LogP contribution < -0.4 is 0 Å². The van der Waals surface area contributed by atoms with E-state index in [1.54, 1.807) is 0 Å². The minimum absolute atomic E-state index is 0.00884. The highest BCUT2D eigenvalue weighted by Gasteiger charge is 2.37. The van der Waals surface area contributed by atoms with Crippen molar-refractivity contribution in [1.82, 2.24) is 10.0 Å². The summed E-state index contributed by atoms with van der Waals surface area (Å²) in [7, 11) is 0. The second kappa shape index (κ2) is 6.40. The smallest absolute Gasteiger partial charge is 0.434 e. The zero-order chi connectivity index (χ0) is 17.3. The van der Waals surface area contributed by atoms with Gasteiger partial charge < -0.3 is 4.74 Å². The molecule has 0 unspecified atom stereocenters. The lowest BCUT2D eigenvalue weighted by molar-refractivity contribution is -0.145. The van der Waals surface area contributed by atoms with Crippen LogP contribution in [0, 0.1) is 0 Å². The molecule has 2 atom stereocenters. The number of amides is 1. The van der Waals surface area contributed by atoms with Crippen LogP contribution in [0.15, 0.2) is 36.7 Å². The van der Waals surface area contributed by atoms with Crippen molar-refractivity contribution in [2.75, 3.05) is 0 Å². The normalized spacial score (nSPS) is 21.2. The predicted molar refractivity (Wildman–Crippen MR) is 92.5 cm³/mol. The average molecular weight is 328 g/mol. The summed E-state index contributed by atoms with van der Waals surface area (Å²) in [4.78, 5) is 22.5. The van der Waals surface area contributed by atoms with Crippen LogP contribution in [0.3, 0.4) is 0 Å². The van der Waals surface area contributed by atoms with Crippen molar-refractivity contribution in [2.45, 2.75) is 58.3 Å². The number of ether oxygens (including phenoxy) is 1. The number of nitrogens with zero attached hydrogens (tertiary/aromatic N) is 2. The molecule has 0 radical (unpaired) electrons. The fraction of sp³-hybridized carbons (Fsp3) is 0.474. The quantitative estimate of drug-likeness (QED) is 0.832. The molecule has 1 fully saturated rings. The van der Waals surface area contributed by atoms with Crippen LogP contribution in [0.2, 0.25) is 0 Å². The third kappa shape index (κ3) is 3.67. The Morgan fingerprint density at radius 1 is 1.33 bits per heavy atom. The van der Waals surface area contributed by atoms with Crippen LogP contribution in [-0.2, 0) is 16.0 Å². The van der Waals surface area contributed by atoms with Crippen molar-refractivity contribution in [2.24, 2.45) is 0 Å². The number of hydroxylamine groups is 2. The summed E-state index contributed by atoms with van der Waals surface area (Å²) in [5, 5.41) is 3.67. The predicted octanol–water partition coefficient (Wildman–Crippen LogP) is 4.11. The number of fused-ring (bicyclic) bond motifs is 1. The Kier molecular flexibility index (Phi) is 4.45. The molecule has 5 heteroatoms. The first-order valence-corrected chi connectivity index (χ1v) is 8.34. The number of hydrogen-bond acceptors (Lipinski definition) is 4. The number of benzene rings is 1. The van der Waals surface area contributed by atoms with Gasteiger partial charge in [0.15, 0.2) is 0 Å². The molecule has 1 aliphatic heterocycles. The Hall–Kier alpha value is -2.14. The summed E-state index contributed by atoms with van der Waals surface area (Å²) in [6.07, 6.45) is 4.77. The topological polar surface area (TPSA) is 51.7 Å². The second-order valence-corrected chi connectivity index (χ2v) is 7.34. The maximum Gasteiger partial charge on any atom is 0.434 e. The van der Waals surface area contributed by atoms with Gasteiger partial charge in [-0.05, 0) is 51.5 Å². The number of aromatic nitrogens is 1. The van der Waals surface area contributed by atoms with E-state index in [-0.39, 0.29) is 12.1 Å². The number of rotatable bonds is 2. The Morgan fingerprint density at radius 2 is 2.08 bits per heavy atom. The largest absolute Gasteiger partial charge is 0.442 e. The van der Waals surface area contributed by atoms with Gasteiger partial charge in [-0.1, -0.05) is 24.3 Å². The Bertz CT molecular complexity index is 733. The molecular formula is C19H24N2O3. The fourth-order valence-electron chi connectivity index (χ4n) is 3.06. The Labute approximate surface area is 142 Å². The highest BCUT2D eigenvalue weighted by molar-refractivity contribution is 5.84. The molecule has 24 heavy (non-hydrogen) atoms. The molecule has 0 bridgehead atoms. The van der Waals surface area contributed by atoms with Crippen LogP contribution in [0.1, 0.15) is 39.7 Å². The summed E-state index contributed by atoms with van der Waals surface area (Å²) >= 11 is 0. The maximum atomic E-state index is 12.4. The van der Waals surface area contributed by atoms with E-state index < -0.39 is 11.7 Å². The molecule has 3 rings (SSSR count). The Balaban J connectivity index is 1.83. The molecule has 1 aliphatic rings. The lowest BCUT2D eigenvalue weighted by Gasteiger charge is -2.27. The first-order chi connectivity index (χ1) is 11.3. The first kappa shape index (κ1) is 16.7. The molecule has 0 spiro atoms. The molecule has 0 aliphatic carbocycles. The first-order valence-electron chi connectivity index (χ1n) is 8.34. The number of carbonyl (C=O) groups excluding carboxylic acids is 1. The molecule has 1 aromatic heterocycles. The van der Waals surface area contributed by atoms with Gasteiger partial charge in [-0.25, -0.2) is 4.79 Å². The van der Waals surface area contributed by atoms with Crippen LogP contribution in [0.4, 0.5) is 4.79 Å². The molecule has 0 N–H and O–H groups in total. The summed E-state index contributed by atoms with van der Waals surface area (Å²) in [6, 6.07) is 8.10. The molecule has 1 saturated heterocycles. The zero-order valence-electron chi connectivity index (χ0n) is 14.7. The van der Waals surface area contributed by atoms with E-state index in [1.165, 1.54) is 5.06 Å². The SMILES string of the molecule is C[C@@H]1C[C@H](Cc2cncc3ccccc23)N(C(=O)OC(C)(C)C)O1. The molecule has 2 aromatic rings. The molecular weight excluding hydrogens is 304 g/mol.